The average Bonchev–Trinajstić information content (AvgIpc) is 2.78. The fraction of sp³-hybridized carbons (Fsp3) is 0.619. The van der Waals surface area contributed by atoms with Gasteiger partial charge in [0, 0.05) is 45.1 Å². The van der Waals surface area contributed by atoms with E-state index in [9.17, 15) is 18.0 Å². The van der Waals surface area contributed by atoms with Crippen molar-refractivity contribution in [2.75, 3.05) is 51.7 Å². The molecule has 0 aromatic heterocycles. The van der Waals surface area contributed by atoms with Crippen molar-refractivity contribution in [1.29, 1.82) is 0 Å². The number of morpholine rings is 1. The number of amides is 2. The van der Waals surface area contributed by atoms with Crippen molar-refractivity contribution in [2.24, 2.45) is 5.92 Å². The Hall–Kier alpha value is -1.97. The van der Waals surface area contributed by atoms with Crippen molar-refractivity contribution in [3.8, 4) is 0 Å². The number of ether oxygens (including phenoxy) is 1. The van der Waals surface area contributed by atoms with Gasteiger partial charge in [-0.2, -0.15) is 4.31 Å². The molecule has 0 radical (unpaired) electrons. The number of hydrogen-bond donors (Lipinski definition) is 1. The van der Waals surface area contributed by atoms with Crippen LogP contribution in [0, 0.1) is 5.92 Å². The predicted molar refractivity (Wildman–Crippen MR) is 113 cm³/mol. The molecular formula is C21H31N3O5S. The van der Waals surface area contributed by atoms with Crippen molar-refractivity contribution in [1.82, 2.24) is 14.5 Å². The molecule has 166 valence electrons. The van der Waals surface area contributed by atoms with Gasteiger partial charge in [-0.05, 0) is 24.8 Å². The molecule has 3 rings (SSSR count). The molecule has 0 unspecified atom stereocenters. The van der Waals surface area contributed by atoms with Crippen LogP contribution in [0.25, 0.3) is 0 Å². The zero-order chi connectivity index (χ0) is 21.4. The van der Waals surface area contributed by atoms with Crippen molar-refractivity contribution in [3.05, 3.63) is 35.9 Å². The molecule has 2 heterocycles. The summed E-state index contributed by atoms with van der Waals surface area (Å²) in [5.74, 6) is -0.276. The van der Waals surface area contributed by atoms with E-state index in [1.165, 1.54) is 4.31 Å². The number of benzene rings is 1. The smallest absolute Gasteiger partial charge is 0.223 e. The van der Waals surface area contributed by atoms with Gasteiger partial charge in [0.2, 0.25) is 21.8 Å². The highest BCUT2D eigenvalue weighted by Crippen LogP contribution is 2.18. The quantitative estimate of drug-likeness (QED) is 0.644. The molecule has 2 fully saturated rings. The van der Waals surface area contributed by atoms with E-state index in [4.69, 9.17) is 4.74 Å². The number of aryl methyl sites for hydroxylation is 1. The summed E-state index contributed by atoms with van der Waals surface area (Å²) < 4.78 is 31.2. The second-order valence-electron chi connectivity index (χ2n) is 7.76. The van der Waals surface area contributed by atoms with E-state index in [0.29, 0.717) is 58.7 Å². The van der Waals surface area contributed by atoms with Crippen molar-refractivity contribution in [3.63, 3.8) is 0 Å². The van der Waals surface area contributed by atoms with E-state index in [0.717, 1.165) is 12.0 Å². The summed E-state index contributed by atoms with van der Waals surface area (Å²) >= 11 is 0. The lowest BCUT2D eigenvalue weighted by atomic mass is 9.95. The number of nitrogens with zero attached hydrogens (tertiary/aromatic N) is 2. The van der Waals surface area contributed by atoms with E-state index in [1.54, 1.807) is 0 Å². The van der Waals surface area contributed by atoms with Gasteiger partial charge in [0.1, 0.15) is 0 Å². The van der Waals surface area contributed by atoms with E-state index in [1.807, 2.05) is 35.2 Å². The minimum absolute atomic E-state index is 0.102. The third kappa shape index (κ3) is 6.52. The third-order valence-corrected chi connectivity index (χ3v) is 7.58. The summed E-state index contributed by atoms with van der Waals surface area (Å²) in [5.41, 5.74) is 1.15. The van der Waals surface area contributed by atoms with Crippen molar-refractivity contribution >= 4 is 21.8 Å². The van der Waals surface area contributed by atoms with Gasteiger partial charge in [-0.1, -0.05) is 30.3 Å². The third-order valence-electron chi connectivity index (χ3n) is 5.71. The molecule has 2 saturated heterocycles. The van der Waals surface area contributed by atoms with Gasteiger partial charge < -0.3 is 15.0 Å². The first-order valence-electron chi connectivity index (χ1n) is 10.6. The van der Waals surface area contributed by atoms with Crippen LogP contribution in [-0.2, 0) is 30.8 Å². The number of carbonyl (C=O) groups excluding carboxylic acids is 2. The molecule has 8 nitrogen and oxygen atoms in total. The number of carbonyl (C=O) groups is 2. The Bertz CT molecular complexity index is 801. The molecule has 0 aliphatic carbocycles. The van der Waals surface area contributed by atoms with Gasteiger partial charge in [-0.15, -0.1) is 0 Å². The fourth-order valence-corrected chi connectivity index (χ4v) is 5.17. The Labute approximate surface area is 178 Å². The zero-order valence-electron chi connectivity index (χ0n) is 17.3. The normalized spacial score (nSPS) is 18.9. The van der Waals surface area contributed by atoms with Crippen LogP contribution in [-0.4, -0.2) is 81.1 Å². The van der Waals surface area contributed by atoms with Crippen LogP contribution in [0.3, 0.4) is 0 Å². The van der Waals surface area contributed by atoms with Crippen LogP contribution in [0.1, 0.15) is 24.8 Å². The van der Waals surface area contributed by atoms with Crippen LogP contribution in [0.5, 0.6) is 0 Å². The van der Waals surface area contributed by atoms with Crippen molar-refractivity contribution < 1.29 is 22.7 Å². The lowest BCUT2D eigenvalue weighted by molar-refractivity contribution is -0.135. The van der Waals surface area contributed by atoms with Crippen molar-refractivity contribution in [2.45, 2.75) is 25.7 Å². The zero-order valence-corrected chi connectivity index (χ0v) is 18.1. The molecule has 30 heavy (non-hydrogen) atoms. The highest BCUT2D eigenvalue weighted by Gasteiger charge is 2.28. The topological polar surface area (TPSA) is 96.0 Å². The molecule has 9 heteroatoms. The summed E-state index contributed by atoms with van der Waals surface area (Å²) in [7, 11) is -3.37. The maximum absolute atomic E-state index is 12.4. The summed E-state index contributed by atoms with van der Waals surface area (Å²) in [6, 6.07) is 9.93. The molecule has 2 aliphatic rings. The van der Waals surface area contributed by atoms with E-state index < -0.39 is 10.0 Å². The molecule has 0 atom stereocenters. The summed E-state index contributed by atoms with van der Waals surface area (Å²) in [6.07, 6.45) is 2.41. The predicted octanol–water partition coefficient (Wildman–Crippen LogP) is 0.636. The largest absolute Gasteiger partial charge is 0.379 e. The fourth-order valence-electron chi connectivity index (χ4n) is 3.85. The maximum Gasteiger partial charge on any atom is 0.223 e. The maximum atomic E-state index is 12.4. The lowest BCUT2D eigenvalue weighted by Crippen LogP contribution is -2.46. The Balaban J connectivity index is 1.35. The van der Waals surface area contributed by atoms with Crippen LogP contribution in [0.2, 0.25) is 0 Å². The monoisotopic (exact) mass is 437 g/mol. The van der Waals surface area contributed by atoms with E-state index >= 15 is 0 Å². The number of hydrogen-bond acceptors (Lipinski definition) is 5. The Kier molecular flexibility index (Phi) is 8.24. The highest BCUT2D eigenvalue weighted by molar-refractivity contribution is 7.89. The summed E-state index contributed by atoms with van der Waals surface area (Å²) in [5, 5.41) is 2.76. The number of sulfonamides is 1. The molecule has 0 bridgehead atoms. The Morgan fingerprint density at radius 1 is 1.03 bits per heavy atom. The molecule has 2 amide bonds. The first-order chi connectivity index (χ1) is 14.5. The molecule has 1 aromatic rings. The van der Waals surface area contributed by atoms with E-state index in [-0.39, 0.29) is 30.0 Å². The molecule has 1 aromatic carbocycles. The van der Waals surface area contributed by atoms with Gasteiger partial charge >= 0.3 is 0 Å². The minimum Gasteiger partial charge on any atom is -0.379 e. The van der Waals surface area contributed by atoms with E-state index in [2.05, 4.69) is 5.32 Å². The van der Waals surface area contributed by atoms with Crippen LogP contribution >= 0.6 is 0 Å². The summed E-state index contributed by atoms with van der Waals surface area (Å²) in [4.78, 5) is 26.7. The molecule has 0 saturated carbocycles. The second kappa shape index (κ2) is 10.9. The van der Waals surface area contributed by atoms with Gasteiger partial charge in [-0.3, -0.25) is 9.59 Å². The number of rotatable bonds is 8. The second-order valence-corrected chi connectivity index (χ2v) is 9.85. The SMILES string of the molecule is O=C(NCCS(=O)(=O)N1CCOCC1)C1CCN(C(=O)CCc2ccccc2)CC1. The van der Waals surface area contributed by atoms with Gasteiger partial charge in [0.15, 0.2) is 0 Å². The lowest BCUT2D eigenvalue weighted by Gasteiger charge is -2.31. The number of piperidine rings is 1. The highest BCUT2D eigenvalue weighted by atomic mass is 32.2. The molecule has 1 N–H and O–H groups in total. The summed E-state index contributed by atoms with van der Waals surface area (Å²) in [6.45, 7) is 2.80. The van der Waals surface area contributed by atoms with Gasteiger partial charge in [0.25, 0.3) is 0 Å². The molecule has 0 spiro atoms. The Morgan fingerprint density at radius 3 is 2.37 bits per heavy atom. The standard InChI is InChI=1S/C21H31N3O5S/c25-20(7-6-18-4-2-1-3-5-18)23-11-8-19(9-12-23)21(26)22-10-17-30(27,28)24-13-15-29-16-14-24/h1-5,19H,6-17H2,(H,22,26). The first kappa shape index (κ1) is 22.7. The number of nitrogens with one attached hydrogen (secondary N) is 1. The van der Waals surface area contributed by atoms with Crippen LogP contribution < -0.4 is 5.32 Å². The van der Waals surface area contributed by atoms with Crippen LogP contribution in [0.15, 0.2) is 30.3 Å². The molecule has 2 aliphatic heterocycles. The first-order valence-corrected chi connectivity index (χ1v) is 12.2. The van der Waals surface area contributed by atoms with Gasteiger partial charge in [-0.25, -0.2) is 8.42 Å². The van der Waals surface area contributed by atoms with Gasteiger partial charge in [0.05, 0.1) is 19.0 Å². The molecular weight excluding hydrogens is 406 g/mol. The van der Waals surface area contributed by atoms with Crippen LogP contribution in [0.4, 0.5) is 0 Å². The minimum atomic E-state index is -3.37. The Morgan fingerprint density at radius 2 is 1.70 bits per heavy atom. The number of likely N-dealkylation sites (tertiary alicyclic amines) is 1. The average molecular weight is 438 g/mol.